The molecule has 0 atom stereocenters. The Morgan fingerprint density at radius 1 is 0.314 bits per heavy atom. The van der Waals surface area contributed by atoms with E-state index in [4.69, 9.17) is 30.6 Å². The van der Waals surface area contributed by atoms with Crippen molar-refractivity contribution in [2.45, 2.75) is 174 Å². The first kappa shape index (κ1) is 56.4. The van der Waals surface area contributed by atoms with Gasteiger partial charge >= 0.3 is 35.8 Å². The highest BCUT2D eigenvalue weighted by molar-refractivity contribution is 5.68. The third kappa shape index (κ3) is 72.7. The lowest BCUT2D eigenvalue weighted by Crippen LogP contribution is -1.94. The average Bonchev–Trinajstić information content (AvgIpc) is 3.04. The van der Waals surface area contributed by atoms with Gasteiger partial charge in [0, 0.05) is 40.0 Å². The standard InChI is InChI=1S/C12H22O4.2C12H20O4.C2H4.CH4.H2/c3*13-11(14)9-7-5-3-1-2-4-6-8-10-12(15)16;1-2;;/h1-10H2,(H,13,14)(H,15,16);2*1-2H,3-10H2,(H,13,14)(H,15,16);1-2H2;1H4;1H/b;2*2-1+;;;. The minimum atomic E-state index is -0.738. The van der Waals surface area contributed by atoms with Crippen LogP contribution in [0.5, 0.6) is 0 Å². The molecule has 0 saturated carbocycles. The first-order chi connectivity index (χ1) is 23.9. The van der Waals surface area contributed by atoms with Gasteiger partial charge in [0.2, 0.25) is 0 Å². The Kier molecular flexibility index (Phi) is 53.3. The topological polar surface area (TPSA) is 224 Å². The van der Waals surface area contributed by atoms with Gasteiger partial charge in [-0.05, 0) is 89.9 Å². The van der Waals surface area contributed by atoms with Crippen molar-refractivity contribution in [2.75, 3.05) is 0 Å². The Morgan fingerprint density at radius 2 is 0.451 bits per heavy atom. The molecule has 0 unspecified atom stereocenters. The summed E-state index contributed by atoms with van der Waals surface area (Å²) in [6.45, 7) is 6.00. The van der Waals surface area contributed by atoms with Crippen LogP contribution in [0.25, 0.3) is 0 Å². The highest BCUT2D eigenvalue weighted by atomic mass is 16.4. The van der Waals surface area contributed by atoms with Gasteiger partial charge < -0.3 is 30.6 Å². The molecule has 12 nitrogen and oxygen atoms in total. The van der Waals surface area contributed by atoms with Crippen LogP contribution in [-0.2, 0) is 28.8 Å². The maximum Gasteiger partial charge on any atom is 0.303 e. The van der Waals surface area contributed by atoms with Crippen LogP contribution >= 0.6 is 0 Å². The van der Waals surface area contributed by atoms with E-state index in [1.54, 1.807) is 0 Å². The molecule has 12 heteroatoms. The molecular weight excluding hydrogens is 660 g/mol. The first-order valence-corrected chi connectivity index (χ1v) is 18.0. The second kappa shape index (κ2) is 48.2. The van der Waals surface area contributed by atoms with E-state index in [0.717, 1.165) is 128 Å². The van der Waals surface area contributed by atoms with E-state index in [1.807, 2.05) is 24.3 Å². The summed E-state index contributed by atoms with van der Waals surface area (Å²) < 4.78 is 0. The van der Waals surface area contributed by atoms with E-state index in [-0.39, 0.29) is 47.4 Å². The molecule has 0 aromatic carbocycles. The molecule has 0 aliphatic heterocycles. The van der Waals surface area contributed by atoms with Gasteiger partial charge in [0.1, 0.15) is 0 Å². The van der Waals surface area contributed by atoms with E-state index < -0.39 is 35.8 Å². The number of hydrogen-bond donors (Lipinski definition) is 6. The number of aliphatic carboxylic acids is 6. The number of allylic oxidation sites excluding steroid dienone is 4. The number of carboxylic acid groups (broad SMARTS) is 6. The quantitative estimate of drug-likeness (QED) is 0.0289. The minimum absolute atomic E-state index is 0. The molecule has 0 radical (unpaired) electrons. The lowest BCUT2D eigenvalue weighted by molar-refractivity contribution is -0.138. The van der Waals surface area contributed by atoms with Gasteiger partial charge in [0.05, 0.1) is 0 Å². The summed E-state index contributed by atoms with van der Waals surface area (Å²) in [6.07, 6.45) is 27.8. The van der Waals surface area contributed by atoms with Gasteiger partial charge in [-0.15, -0.1) is 13.2 Å². The lowest BCUT2D eigenvalue weighted by Gasteiger charge is -2.00. The van der Waals surface area contributed by atoms with E-state index in [2.05, 4.69) is 13.2 Å². The van der Waals surface area contributed by atoms with Gasteiger partial charge in [0.25, 0.3) is 0 Å². The molecule has 0 aliphatic carbocycles. The highest BCUT2D eigenvalue weighted by Crippen LogP contribution is 2.11. The molecule has 6 N–H and O–H groups in total. The van der Waals surface area contributed by atoms with Gasteiger partial charge in [-0.1, -0.05) is 70.3 Å². The summed E-state index contributed by atoms with van der Waals surface area (Å²) in [5.41, 5.74) is 0. The zero-order valence-electron chi connectivity index (χ0n) is 30.2. The minimum Gasteiger partial charge on any atom is -0.481 e. The number of hydrogen-bond acceptors (Lipinski definition) is 6. The number of carboxylic acids is 6. The molecule has 0 heterocycles. The molecule has 0 bridgehead atoms. The fraction of sp³-hybridized carbons (Fsp3) is 0.692. The van der Waals surface area contributed by atoms with Crippen LogP contribution in [0.15, 0.2) is 37.5 Å². The van der Waals surface area contributed by atoms with Crippen LogP contribution in [-0.4, -0.2) is 66.5 Å². The van der Waals surface area contributed by atoms with Crippen LogP contribution in [0.3, 0.4) is 0 Å². The summed E-state index contributed by atoms with van der Waals surface area (Å²) in [5, 5.41) is 50.4. The number of rotatable bonds is 31. The summed E-state index contributed by atoms with van der Waals surface area (Å²) in [7, 11) is 0. The van der Waals surface area contributed by atoms with Crippen molar-refractivity contribution in [2.24, 2.45) is 0 Å². The highest BCUT2D eigenvalue weighted by Gasteiger charge is 1.99. The predicted octanol–water partition coefficient (Wildman–Crippen LogP) is 10.4. The number of unbranched alkanes of at least 4 members (excludes halogenated alkanes) is 15. The zero-order chi connectivity index (χ0) is 38.7. The smallest absolute Gasteiger partial charge is 0.303 e. The molecule has 0 aromatic rings. The normalized spacial score (nSPS) is 10.0. The van der Waals surface area contributed by atoms with Crippen molar-refractivity contribution in [3.63, 3.8) is 0 Å². The van der Waals surface area contributed by atoms with Crippen LogP contribution in [0, 0.1) is 0 Å². The third-order valence-corrected chi connectivity index (χ3v) is 6.91. The second-order valence-electron chi connectivity index (χ2n) is 11.6. The molecule has 0 aliphatic rings. The summed E-state index contributed by atoms with van der Waals surface area (Å²) in [5.74, 6) is -4.38. The molecule has 0 rings (SSSR count). The van der Waals surface area contributed by atoms with Crippen LogP contribution in [0.2, 0.25) is 0 Å². The van der Waals surface area contributed by atoms with Crippen LogP contribution in [0.4, 0.5) is 0 Å². The Hall–Kier alpha value is -3.96. The summed E-state index contributed by atoms with van der Waals surface area (Å²) in [4.78, 5) is 61.2. The van der Waals surface area contributed by atoms with Crippen molar-refractivity contribution >= 4 is 35.8 Å². The molecule has 51 heavy (non-hydrogen) atoms. The summed E-state index contributed by atoms with van der Waals surface area (Å²) >= 11 is 0. The van der Waals surface area contributed by atoms with Gasteiger partial charge in [-0.3, -0.25) is 28.8 Å². The molecule has 0 aromatic heterocycles. The van der Waals surface area contributed by atoms with Crippen molar-refractivity contribution in [1.82, 2.24) is 0 Å². The molecule has 0 fully saturated rings. The second-order valence-corrected chi connectivity index (χ2v) is 11.6. The maximum absolute atomic E-state index is 10.2. The fourth-order valence-electron chi connectivity index (χ4n) is 4.24. The maximum atomic E-state index is 10.2. The molecule has 0 spiro atoms. The van der Waals surface area contributed by atoms with Gasteiger partial charge in [-0.2, -0.15) is 0 Å². The van der Waals surface area contributed by atoms with Crippen LogP contribution < -0.4 is 0 Å². The van der Waals surface area contributed by atoms with Crippen molar-refractivity contribution in [3.8, 4) is 0 Å². The monoisotopic (exact) mass is 733 g/mol. The molecule has 0 saturated heterocycles. The van der Waals surface area contributed by atoms with Gasteiger partial charge in [0.15, 0.2) is 0 Å². The Morgan fingerprint density at radius 3 is 0.608 bits per heavy atom. The Bertz CT molecular complexity index is 799. The Labute approximate surface area is 308 Å². The average molecular weight is 733 g/mol. The van der Waals surface area contributed by atoms with E-state index in [9.17, 15) is 28.8 Å². The Balaban J connectivity index is -0.000000146. The van der Waals surface area contributed by atoms with Gasteiger partial charge in [-0.25, -0.2) is 0 Å². The van der Waals surface area contributed by atoms with E-state index in [0.29, 0.717) is 0 Å². The predicted molar refractivity (Wildman–Crippen MR) is 204 cm³/mol. The molecule has 300 valence electrons. The molecular formula is C39H72O12. The van der Waals surface area contributed by atoms with E-state index >= 15 is 0 Å². The zero-order valence-corrected chi connectivity index (χ0v) is 30.2. The fourth-order valence-corrected chi connectivity index (χ4v) is 4.24. The first-order valence-electron chi connectivity index (χ1n) is 18.0. The molecule has 0 amide bonds. The third-order valence-electron chi connectivity index (χ3n) is 6.91. The lowest BCUT2D eigenvalue weighted by atomic mass is 10.1. The van der Waals surface area contributed by atoms with Crippen LogP contribution in [0.1, 0.15) is 176 Å². The van der Waals surface area contributed by atoms with Crippen molar-refractivity contribution < 1.29 is 60.8 Å². The number of carbonyl (C=O) groups is 6. The SMILES string of the molecule is C.C=C.O=C(O)CCCC/C=C/CCCCC(=O)O.O=C(O)CCCC/C=C/CCCCC(=O)O.O=C(O)CCCCCCCCCCC(=O)O.[HH]. The van der Waals surface area contributed by atoms with E-state index in [1.165, 1.54) is 0 Å². The summed E-state index contributed by atoms with van der Waals surface area (Å²) in [6, 6.07) is 0. The largest absolute Gasteiger partial charge is 0.481 e. The van der Waals surface area contributed by atoms with Crippen molar-refractivity contribution in [1.29, 1.82) is 0 Å². The van der Waals surface area contributed by atoms with Crippen molar-refractivity contribution in [3.05, 3.63) is 37.5 Å².